The molecule has 1 aromatic heterocycles. The van der Waals surface area contributed by atoms with Crippen molar-refractivity contribution in [2.24, 2.45) is 12.0 Å². The second kappa shape index (κ2) is 8.48. The van der Waals surface area contributed by atoms with Gasteiger partial charge >= 0.3 is 11.9 Å². The van der Waals surface area contributed by atoms with Crippen molar-refractivity contribution in [3.05, 3.63) is 55.6 Å². The third kappa shape index (κ3) is 4.18. The number of carbonyl (C=O) groups is 1. The maximum atomic E-state index is 14.6. The van der Waals surface area contributed by atoms with Crippen molar-refractivity contribution in [1.82, 2.24) is 14.0 Å². The SMILES string of the molecule is C#CC(C)N1C(=O)CSC1=Nc1cc(-n2c(=O)cc(C(F)(F)F)n(C)c2=O)c(F)cc1Cl. The number of thioether (sulfide) groups is 1. The summed E-state index contributed by atoms with van der Waals surface area (Å²) in [5.41, 5.74) is -5.08. The number of carbonyl (C=O) groups excluding carboxylic acids is 1. The van der Waals surface area contributed by atoms with Crippen LogP contribution in [0.5, 0.6) is 0 Å². The van der Waals surface area contributed by atoms with E-state index in [9.17, 15) is 31.9 Å². The lowest BCUT2D eigenvalue weighted by molar-refractivity contribution is -0.144. The Morgan fingerprint density at radius 3 is 2.50 bits per heavy atom. The Hall–Kier alpha value is -3.04. The summed E-state index contributed by atoms with van der Waals surface area (Å²) in [4.78, 5) is 42.3. The fraction of sp³-hybridized carbons (Fsp3) is 0.263. The largest absolute Gasteiger partial charge is 0.431 e. The first-order chi connectivity index (χ1) is 14.9. The van der Waals surface area contributed by atoms with Gasteiger partial charge in [-0.2, -0.15) is 13.2 Å². The number of benzene rings is 1. The summed E-state index contributed by atoms with van der Waals surface area (Å²) < 4.78 is 54.2. The molecule has 13 heteroatoms. The number of hydrogen-bond donors (Lipinski definition) is 0. The van der Waals surface area contributed by atoms with Gasteiger partial charge in [-0.15, -0.1) is 6.42 Å². The molecule has 0 aliphatic carbocycles. The van der Waals surface area contributed by atoms with E-state index in [2.05, 4.69) is 10.9 Å². The zero-order chi connectivity index (χ0) is 24.0. The molecule has 1 aromatic carbocycles. The number of amidine groups is 1. The quantitative estimate of drug-likeness (QED) is 0.492. The topological polar surface area (TPSA) is 76.7 Å². The standard InChI is InChI=1S/C19H13ClF4N4O3S/c1-4-9(2)27-16(30)8-32-17(27)25-12-6-13(11(21)5-10(12)20)28-15(29)7-14(19(22,23)24)26(3)18(28)31/h1,5-7,9H,8H2,2-3H3. The van der Waals surface area contributed by atoms with Crippen molar-refractivity contribution < 1.29 is 22.4 Å². The Labute approximate surface area is 187 Å². The van der Waals surface area contributed by atoms with Crippen LogP contribution in [0.4, 0.5) is 23.2 Å². The van der Waals surface area contributed by atoms with E-state index >= 15 is 0 Å². The first-order valence-corrected chi connectivity index (χ1v) is 10.1. The maximum Gasteiger partial charge on any atom is 0.431 e. The van der Waals surface area contributed by atoms with Gasteiger partial charge in [0.1, 0.15) is 11.5 Å². The second-order valence-corrected chi connectivity index (χ2v) is 7.94. The second-order valence-electron chi connectivity index (χ2n) is 6.59. The van der Waals surface area contributed by atoms with E-state index < -0.39 is 40.7 Å². The zero-order valence-corrected chi connectivity index (χ0v) is 18.0. The smallest absolute Gasteiger partial charge is 0.292 e. The average Bonchev–Trinajstić information content (AvgIpc) is 3.06. The van der Waals surface area contributed by atoms with E-state index in [-0.39, 0.29) is 42.7 Å². The van der Waals surface area contributed by atoms with E-state index in [4.69, 9.17) is 18.0 Å². The van der Waals surface area contributed by atoms with Crippen LogP contribution in [0, 0.1) is 18.2 Å². The fourth-order valence-corrected chi connectivity index (χ4v) is 4.07. The summed E-state index contributed by atoms with van der Waals surface area (Å²) in [6.45, 7) is 1.59. The molecule has 0 N–H and O–H groups in total. The Morgan fingerprint density at radius 1 is 1.25 bits per heavy atom. The molecule has 1 atom stereocenters. The number of halogens is 5. The van der Waals surface area contributed by atoms with Gasteiger partial charge in [0, 0.05) is 13.1 Å². The minimum absolute atomic E-state index is 0.0510. The van der Waals surface area contributed by atoms with Crippen molar-refractivity contribution >= 4 is 40.1 Å². The number of rotatable bonds is 3. The van der Waals surface area contributed by atoms with Crippen LogP contribution in [-0.2, 0) is 18.0 Å². The Balaban J connectivity index is 2.21. The molecule has 0 radical (unpaired) electrons. The lowest BCUT2D eigenvalue weighted by Gasteiger charge is -2.19. The van der Waals surface area contributed by atoms with Gasteiger partial charge in [-0.3, -0.25) is 19.1 Å². The molecule has 1 saturated heterocycles. The predicted molar refractivity (Wildman–Crippen MR) is 112 cm³/mol. The summed E-state index contributed by atoms with van der Waals surface area (Å²) in [7, 11) is 0.802. The third-order valence-corrected chi connectivity index (χ3v) is 5.75. The number of nitrogens with zero attached hydrogens (tertiary/aromatic N) is 4. The predicted octanol–water partition coefficient (Wildman–Crippen LogP) is 2.93. The summed E-state index contributed by atoms with van der Waals surface area (Å²) in [6, 6.07) is 1.24. The van der Waals surface area contributed by atoms with Gasteiger partial charge in [-0.05, 0) is 19.1 Å². The minimum atomic E-state index is -4.97. The highest BCUT2D eigenvalue weighted by molar-refractivity contribution is 8.15. The van der Waals surface area contributed by atoms with Gasteiger partial charge in [0.15, 0.2) is 5.17 Å². The van der Waals surface area contributed by atoms with Crippen molar-refractivity contribution in [3.63, 3.8) is 0 Å². The molecule has 1 unspecified atom stereocenters. The lowest BCUT2D eigenvalue weighted by Crippen LogP contribution is -2.41. The minimum Gasteiger partial charge on any atom is -0.292 e. The molecule has 7 nitrogen and oxygen atoms in total. The Kier molecular flexibility index (Phi) is 6.26. The van der Waals surface area contributed by atoms with Gasteiger partial charge < -0.3 is 0 Å². The number of aromatic nitrogens is 2. The highest BCUT2D eigenvalue weighted by atomic mass is 35.5. The van der Waals surface area contributed by atoms with E-state index in [1.807, 2.05) is 0 Å². The molecule has 168 valence electrons. The van der Waals surface area contributed by atoms with Crippen LogP contribution in [0.15, 0.2) is 32.8 Å². The fourth-order valence-electron chi connectivity index (χ4n) is 2.92. The van der Waals surface area contributed by atoms with Crippen LogP contribution in [0.3, 0.4) is 0 Å². The lowest BCUT2D eigenvalue weighted by atomic mass is 10.2. The molecule has 2 heterocycles. The average molecular weight is 489 g/mol. The number of hydrogen-bond acceptors (Lipinski definition) is 5. The van der Waals surface area contributed by atoms with Crippen molar-refractivity contribution in [1.29, 1.82) is 0 Å². The number of amides is 1. The molecular formula is C19H13ClF4N4O3S. The van der Waals surface area contributed by atoms with Crippen LogP contribution >= 0.6 is 23.4 Å². The molecular weight excluding hydrogens is 476 g/mol. The monoisotopic (exact) mass is 488 g/mol. The normalized spacial score (nSPS) is 16.5. The van der Waals surface area contributed by atoms with Crippen molar-refractivity contribution in [2.45, 2.75) is 19.1 Å². The van der Waals surface area contributed by atoms with Crippen LogP contribution in [0.1, 0.15) is 12.6 Å². The molecule has 0 saturated carbocycles. The summed E-state index contributed by atoms with van der Waals surface area (Å²) in [5, 5.41) is -0.0589. The third-order valence-electron chi connectivity index (χ3n) is 4.51. The molecule has 1 aliphatic rings. The number of aliphatic imine (C=N–C) groups is 1. The van der Waals surface area contributed by atoms with E-state index in [1.165, 1.54) is 4.90 Å². The van der Waals surface area contributed by atoms with Crippen LogP contribution < -0.4 is 11.2 Å². The van der Waals surface area contributed by atoms with E-state index in [0.717, 1.165) is 30.9 Å². The molecule has 0 spiro atoms. The zero-order valence-electron chi connectivity index (χ0n) is 16.4. The molecule has 3 rings (SSSR count). The van der Waals surface area contributed by atoms with Crippen molar-refractivity contribution in [2.75, 3.05) is 5.75 Å². The number of terminal acetylenes is 1. The van der Waals surface area contributed by atoms with Crippen LogP contribution in [-0.4, -0.2) is 36.9 Å². The highest BCUT2D eigenvalue weighted by Crippen LogP contribution is 2.33. The Morgan fingerprint density at radius 2 is 1.91 bits per heavy atom. The summed E-state index contributed by atoms with van der Waals surface area (Å²) in [6.07, 6.45) is 0.404. The first kappa shape index (κ1) is 23.6. The first-order valence-electron chi connectivity index (χ1n) is 8.76. The molecule has 1 aliphatic heterocycles. The van der Waals surface area contributed by atoms with Gasteiger partial charge in [-0.25, -0.2) is 18.7 Å². The van der Waals surface area contributed by atoms with E-state index in [0.29, 0.717) is 0 Å². The molecule has 32 heavy (non-hydrogen) atoms. The molecule has 2 aromatic rings. The van der Waals surface area contributed by atoms with Crippen molar-refractivity contribution in [3.8, 4) is 18.0 Å². The van der Waals surface area contributed by atoms with Gasteiger partial charge in [0.05, 0.1) is 28.2 Å². The highest BCUT2D eigenvalue weighted by Gasteiger charge is 2.35. The van der Waals surface area contributed by atoms with E-state index in [1.54, 1.807) is 6.92 Å². The number of alkyl halides is 3. The van der Waals surface area contributed by atoms with Crippen LogP contribution in [0.2, 0.25) is 5.02 Å². The summed E-state index contributed by atoms with van der Waals surface area (Å²) in [5.74, 6) is 0.989. The van der Waals surface area contributed by atoms with Gasteiger partial charge in [0.25, 0.3) is 5.56 Å². The van der Waals surface area contributed by atoms with Crippen LogP contribution in [0.25, 0.3) is 5.69 Å². The van der Waals surface area contributed by atoms with Gasteiger partial charge in [-0.1, -0.05) is 29.3 Å². The molecule has 0 bridgehead atoms. The molecule has 1 fully saturated rings. The molecule has 1 amide bonds. The van der Waals surface area contributed by atoms with Gasteiger partial charge in [0.2, 0.25) is 5.91 Å². The Bertz CT molecular complexity index is 1310. The maximum absolute atomic E-state index is 14.6. The summed E-state index contributed by atoms with van der Waals surface area (Å²) >= 11 is 7.09.